The summed E-state index contributed by atoms with van der Waals surface area (Å²) >= 11 is 0. The van der Waals surface area contributed by atoms with Gasteiger partial charge in [0.05, 0.1) is 11.2 Å². The molecule has 0 atom stereocenters. The maximum absolute atomic E-state index is 14.1. The van der Waals surface area contributed by atoms with Crippen LogP contribution >= 0.6 is 0 Å². The number of rotatable bonds is 1. The largest absolute Gasteiger partial charge is 0.268 e. The lowest BCUT2D eigenvalue weighted by Crippen LogP contribution is -2.23. The molecule has 0 N–H and O–H groups in total. The molecule has 3 nitrogen and oxygen atoms in total. The molecule has 1 aromatic heterocycles. The van der Waals surface area contributed by atoms with Gasteiger partial charge in [-0.15, -0.1) is 0 Å². The Morgan fingerprint density at radius 1 is 0.957 bits per heavy atom. The number of halogens is 1. The van der Waals surface area contributed by atoms with Gasteiger partial charge in [-0.1, -0.05) is 42.5 Å². The number of benzene rings is 3. The van der Waals surface area contributed by atoms with Crippen molar-refractivity contribution >= 4 is 21.7 Å². The highest BCUT2D eigenvalue weighted by atomic mass is 19.1. The first-order valence-corrected chi connectivity index (χ1v) is 7.33. The van der Waals surface area contributed by atoms with Crippen LogP contribution in [0.15, 0.2) is 65.5 Å². The van der Waals surface area contributed by atoms with E-state index in [9.17, 15) is 9.18 Å². The third kappa shape index (κ3) is 2.03. The second kappa shape index (κ2) is 5.02. The van der Waals surface area contributed by atoms with Gasteiger partial charge in [-0.05, 0) is 30.5 Å². The van der Waals surface area contributed by atoms with E-state index < -0.39 is 5.82 Å². The molecule has 0 saturated heterocycles. The fourth-order valence-corrected chi connectivity index (χ4v) is 2.99. The summed E-state index contributed by atoms with van der Waals surface area (Å²) in [5, 5.41) is 1.97. The van der Waals surface area contributed by atoms with Gasteiger partial charge in [0.1, 0.15) is 17.0 Å². The third-order valence-corrected chi connectivity index (χ3v) is 4.02. The fraction of sp³-hybridized carbons (Fsp3) is 0.0526. The van der Waals surface area contributed by atoms with Crippen LogP contribution in [0.2, 0.25) is 0 Å². The summed E-state index contributed by atoms with van der Waals surface area (Å²) in [5.41, 5.74) is 0.703. The van der Waals surface area contributed by atoms with E-state index in [0.29, 0.717) is 17.0 Å². The number of hydrogen-bond donors (Lipinski definition) is 0. The molecule has 1 heterocycles. The quantitative estimate of drug-likeness (QED) is 0.533. The first-order chi connectivity index (χ1) is 11.2. The Kier molecular flexibility index (Phi) is 2.98. The van der Waals surface area contributed by atoms with Crippen molar-refractivity contribution in [1.29, 1.82) is 0 Å². The first-order valence-electron chi connectivity index (χ1n) is 7.33. The highest BCUT2D eigenvalue weighted by molar-refractivity contribution is 5.90. The molecule has 4 heteroatoms. The predicted molar refractivity (Wildman–Crippen MR) is 89.5 cm³/mol. The Morgan fingerprint density at radius 3 is 2.57 bits per heavy atom. The van der Waals surface area contributed by atoms with E-state index in [1.54, 1.807) is 19.1 Å². The van der Waals surface area contributed by atoms with Crippen LogP contribution in [0.4, 0.5) is 4.39 Å². The van der Waals surface area contributed by atoms with Gasteiger partial charge in [0.15, 0.2) is 0 Å². The molecule has 3 aromatic carbocycles. The number of nitrogens with zero attached hydrogens (tertiary/aromatic N) is 2. The summed E-state index contributed by atoms with van der Waals surface area (Å²) in [7, 11) is 0. The molecule has 0 unspecified atom stereocenters. The molecule has 0 radical (unpaired) electrons. The van der Waals surface area contributed by atoms with Crippen molar-refractivity contribution in [2.24, 2.45) is 0 Å². The van der Waals surface area contributed by atoms with Crippen LogP contribution in [-0.4, -0.2) is 9.55 Å². The molecule has 0 amide bonds. The van der Waals surface area contributed by atoms with E-state index in [0.717, 1.165) is 10.8 Å². The van der Waals surface area contributed by atoms with Crippen molar-refractivity contribution in [2.75, 3.05) is 0 Å². The number of fused-ring (bicyclic) bond motifs is 2. The van der Waals surface area contributed by atoms with E-state index in [-0.39, 0.29) is 10.9 Å². The van der Waals surface area contributed by atoms with E-state index in [1.807, 2.05) is 42.5 Å². The second-order valence-corrected chi connectivity index (χ2v) is 5.43. The summed E-state index contributed by atoms with van der Waals surface area (Å²) < 4.78 is 15.6. The zero-order valence-electron chi connectivity index (χ0n) is 12.5. The molecule has 23 heavy (non-hydrogen) atoms. The molecule has 4 rings (SSSR count). The third-order valence-electron chi connectivity index (χ3n) is 4.02. The second-order valence-electron chi connectivity index (χ2n) is 5.43. The molecule has 0 aliphatic heterocycles. The Balaban J connectivity index is 2.17. The molecule has 0 bridgehead atoms. The Bertz CT molecular complexity index is 1110. The summed E-state index contributed by atoms with van der Waals surface area (Å²) in [6.45, 7) is 1.76. The van der Waals surface area contributed by atoms with Gasteiger partial charge in [-0.3, -0.25) is 9.36 Å². The van der Waals surface area contributed by atoms with Crippen LogP contribution in [0.1, 0.15) is 5.82 Å². The summed E-state index contributed by atoms with van der Waals surface area (Å²) in [4.78, 5) is 17.3. The van der Waals surface area contributed by atoms with Crippen LogP contribution in [0, 0.1) is 12.7 Å². The first kappa shape index (κ1) is 13.6. The summed E-state index contributed by atoms with van der Waals surface area (Å²) in [5.74, 6) is -0.0153. The van der Waals surface area contributed by atoms with Crippen molar-refractivity contribution < 1.29 is 4.39 Å². The molecule has 4 aromatic rings. The van der Waals surface area contributed by atoms with Gasteiger partial charge in [0, 0.05) is 5.39 Å². The van der Waals surface area contributed by atoms with Gasteiger partial charge in [-0.2, -0.15) is 0 Å². The van der Waals surface area contributed by atoms with Gasteiger partial charge >= 0.3 is 0 Å². The van der Waals surface area contributed by atoms with E-state index in [1.165, 1.54) is 10.6 Å². The minimum absolute atomic E-state index is 0.0195. The molecular formula is C19H13FN2O. The average molecular weight is 304 g/mol. The Labute approximate surface area is 131 Å². The predicted octanol–water partition coefficient (Wildman–Crippen LogP) is 3.99. The van der Waals surface area contributed by atoms with E-state index >= 15 is 0 Å². The topological polar surface area (TPSA) is 34.9 Å². The lowest BCUT2D eigenvalue weighted by atomic mass is 10.1. The number of hydrogen-bond acceptors (Lipinski definition) is 2. The molecule has 0 aliphatic carbocycles. The highest BCUT2D eigenvalue weighted by Gasteiger charge is 2.14. The zero-order valence-corrected chi connectivity index (χ0v) is 12.5. The molecule has 112 valence electrons. The highest BCUT2D eigenvalue weighted by Crippen LogP contribution is 2.23. The Morgan fingerprint density at radius 2 is 1.70 bits per heavy atom. The fourth-order valence-electron chi connectivity index (χ4n) is 2.99. The van der Waals surface area contributed by atoms with Crippen molar-refractivity contribution in [2.45, 2.75) is 6.92 Å². The van der Waals surface area contributed by atoms with Crippen molar-refractivity contribution in [3.05, 3.63) is 82.7 Å². The summed E-state index contributed by atoms with van der Waals surface area (Å²) in [6, 6.07) is 18.0. The maximum atomic E-state index is 14.1. The van der Waals surface area contributed by atoms with Gasteiger partial charge in [0.25, 0.3) is 5.56 Å². The molecule has 0 aliphatic rings. The van der Waals surface area contributed by atoms with E-state index in [4.69, 9.17) is 0 Å². The van der Waals surface area contributed by atoms with Crippen molar-refractivity contribution in [3.63, 3.8) is 0 Å². The molecular weight excluding hydrogens is 291 g/mol. The lowest BCUT2D eigenvalue weighted by Gasteiger charge is -2.13. The number of aromatic nitrogens is 2. The summed E-state index contributed by atoms with van der Waals surface area (Å²) in [6.07, 6.45) is 0. The minimum atomic E-state index is -0.547. The van der Waals surface area contributed by atoms with Crippen LogP contribution in [-0.2, 0) is 0 Å². The molecule has 0 fully saturated rings. The van der Waals surface area contributed by atoms with Crippen LogP contribution in [0.5, 0.6) is 0 Å². The van der Waals surface area contributed by atoms with Crippen LogP contribution in [0.3, 0.4) is 0 Å². The van der Waals surface area contributed by atoms with Gasteiger partial charge in [0.2, 0.25) is 0 Å². The smallest absolute Gasteiger partial charge is 0.268 e. The molecule has 0 saturated carbocycles. The minimum Gasteiger partial charge on any atom is -0.268 e. The van der Waals surface area contributed by atoms with Gasteiger partial charge < -0.3 is 0 Å². The lowest BCUT2D eigenvalue weighted by molar-refractivity contribution is 0.637. The van der Waals surface area contributed by atoms with Crippen molar-refractivity contribution in [1.82, 2.24) is 9.55 Å². The van der Waals surface area contributed by atoms with Crippen molar-refractivity contribution in [3.8, 4) is 5.69 Å². The zero-order chi connectivity index (χ0) is 16.0. The molecule has 0 spiro atoms. The SMILES string of the molecule is Cc1nc2cccc(F)c2c(=O)n1-c1cccc2ccccc12. The van der Waals surface area contributed by atoms with E-state index in [2.05, 4.69) is 4.98 Å². The maximum Gasteiger partial charge on any atom is 0.268 e. The average Bonchev–Trinajstić information content (AvgIpc) is 2.55. The normalized spacial score (nSPS) is 11.2. The van der Waals surface area contributed by atoms with Gasteiger partial charge in [-0.25, -0.2) is 9.37 Å². The monoisotopic (exact) mass is 304 g/mol. The van der Waals surface area contributed by atoms with Crippen LogP contribution < -0.4 is 5.56 Å². The standard InChI is InChI=1S/C19H13FN2O/c1-12-21-16-10-5-9-15(20)18(16)19(23)22(12)17-11-4-7-13-6-2-3-8-14(13)17/h2-11H,1H3. The Hall–Kier alpha value is -3.01. The number of aryl methyl sites for hydroxylation is 1. The van der Waals surface area contributed by atoms with Crippen LogP contribution in [0.25, 0.3) is 27.4 Å².